The Balaban J connectivity index is 2.98. The van der Waals surface area contributed by atoms with Crippen LogP contribution in [-0.2, 0) is 0 Å². The summed E-state index contributed by atoms with van der Waals surface area (Å²) in [6.07, 6.45) is 1.75. The van der Waals surface area contributed by atoms with Gasteiger partial charge in [-0.05, 0) is 18.6 Å². The molecule has 0 radical (unpaired) electrons. The summed E-state index contributed by atoms with van der Waals surface area (Å²) in [5, 5.41) is 6.62. The predicted molar refractivity (Wildman–Crippen MR) is 28.5 cm³/mol. The molecule has 1 unspecified atom stereocenters. The number of hydrogen-bond acceptors (Lipinski definition) is 1. The number of hydrogen-bond donors (Lipinski definition) is 1. The average molecular weight is 103 g/mol. The summed E-state index contributed by atoms with van der Waals surface area (Å²) in [5.74, 6) is 0.116. The van der Waals surface area contributed by atoms with Crippen molar-refractivity contribution in [3.8, 4) is 0 Å². The van der Waals surface area contributed by atoms with Crippen molar-refractivity contribution >= 4 is 6.21 Å². The zero-order chi connectivity index (χ0) is 5.70. The van der Waals surface area contributed by atoms with Crippen LogP contribution in [0.25, 0.3) is 0 Å². The molecule has 0 aliphatic rings. The molecular formula is C5H10FN. The smallest absolute Gasteiger partial charge is 0.0900 e. The summed E-state index contributed by atoms with van der Waals surface area (Å²) in [6.45, 7) is 1.52. The maximum Gasteiger partial charge on any atom is 0.0900 e. The summed E-state index contributed by atoms with van der Waals surface area (Å²) in [7, 11) is 0. The van der Waals surface area contributed by atoms with E-state index >= 15 is 0 Å². The molecule has 0 aromatic carbocycles. The van der Waals surface area contributed by atoms with Gasteiger partial charge in [-0.3, -0.25) is 4.39 Å². The highest BCUT2D eigenvalue weighted by Gasteiger charge is 1.92. The molecule has 0 saturated heterocycles. The van der Waals surface area contributed by atoms with Crippen LogP contribution in [0.4, 0.5) is 4.39 Å². The highest BCUT2D eigenvalue weighted by molar-refractivity contribution is 5.55. The van der Waals surface area contributed by atoms with Crippen LogP contribution in [0.1, 0.15) is 13.3 Å². The topological polar surface area (TPSA) is 23.9 Å². The second-order valence-electron chi connectivity index (χ2n) is 1.62. The molecule has 0 fully saturated rings. The third-order valence-electron chi connectivity index (χ3n) is 0.849. The second-order valence-corrected chi connectivity index (χ2v) is 1.62. The Kier molecular flexibility index (Phi) is 3.56. The summed E-state index contributed by atoms with van der Waals surface area (Å²) < 4.78 is 11.3. The summed E-state index contributed by atoms with van der Waals surface area (Å²) in [5.41, 5.74) is 0. The number of rotatable bonds is 3. The SMILES string of the molecule is CC(C=N)CCF. The van der Waals surface area contributed by atoms with E-state index in [0.717, 1.165) is 0 Å². The first kappa shape index (κ1) is 6.60. The third-order valence-corrected chi connectivity index (χ3v) is 0.849. The van der Waals surface area contributed by atoms with E-state index in [4.69, 9.17) is 5.41 Å². The van der Waals surface area contributed by atoms with Gasteiger partial charge in [-0.25, -0.2) is 0 Å². The van der Waals surface area contributed by atoms with Crippen LogP contribution in [0.3, 0.4) is 0 Å². The van der Waals surface area contributed by atoms with E-state index < -0.39 is 0 Å². The lowest BCUT2D eigenvalue weighted by Crippen LogP contribution is -1.94. The normalized spacial score (nSPS) is 13.4. The van der Waals surface area contributed by atoms with Gasteiger partial charge in [0.2, 0.25) is 0 Å². The maximum absolute atomic E-state index is 11.3. The van der Waals surface area contributed by atoms with Crippen LogP contribution in [0.2, 0.25) is 0 Å². The summed E-state index contributed by atoms with van der Waals surface area (Å²) in [4.78, 5) is 0. The van der Waals surface area contributed by atoms with E-state index in [2.05, 4.69) is 0 Å². The van der Waals surface area contributed by atoms with Gasteiger partial charge in [0, 0.05) is 0 Å². The van der Waals surface area contributed by atoms with E-state index in [1.165, 1.54) is 6.21 Å². The summed E-state index contributed by atoms with van der Waals surface area (Å²) in [6, 6.07) is 0. The first-order chi connectivity index (χ1) is 3.31. The van der Waals surface area contributed by atoms with E-state index in [0.29, 0.717) is 6.42 Å². The molecule has 0 bridgehead atoms. The van der Waals surface area contributed by atoms with Crippen LogP contribution in [0.15, 0.2) is 0 Å². The molecule has 1 nitrogen and oxygen atoms in total. The van der Waals surface area contributed by atoms with Gasteiger partial charge in [-0.1, -0.05) is 6.92 Å². The Morgan fingerprint density at radius 2 is 2.43 bits per heavy atom. The molecule has 0 aromatic heterocycles. The fourth-order valence-corrected chi connectivity index (χ4v) is 0.255. The lowest BCUT2D eigenvalue weighted by Gasteiger charge is -1.95. The number of nitrogens with one attached hydrogen (secondary N) is 1. The largest absolute Gasteiger partial charge is 0.313 e. The molecule has 7 heavy (non-hydrogen) atoms. The molecule has 1 N–H and O–H groups in total. The average Bonchev–Trinajstić information content (AvgIpc) is 1.68. The molecule has 2 heteroatoms. The zero-order valence-electron chi connectivity index (χ0n) is 4.45. The van der Waals surface area contributed by atoms with Crippen molar-refractivity contribution in [2.75, 3.05) is 6.67 Å². The Hall–Kier alpha value is -0.400. The van der Waals surface area contributed by atoms with Gasteiger partial charge in [0.15, 0.2) is 0 Å². The highest BCUT2D eigenvalue weighted by atomic mass is 19.1. The van der Waals surface area contributed by atoms with Crippen molar-refractivity contribution in [2.24, 2.45) is 5.92 Å². The standard InChI is InChI=1S/C5H10FN/c1-5(4-7)2-3-6/h4-5,7H,2-3H2,1H3. The molecule has 1 atom stereocenters. The van der Waals surface area contributed by atoms with Crippen LogP contribution in [0.5, 0.6) is 0 Å². The van der Waals surface area contributed by atoms with Crippen molar-refractivity contribution < 1.29 is 4.39 Å². The second kappa shape index (κ2) is 3.78. The third kappa shape index (κ3) is 3.43. The fourth-order valence-electron chi connectivity index (χ4n) is 0.255. The molecule has 0 amide bonds. The van der Waals surface area contributed by atoms with Crippen molar-refractivity contribution in [1.29, 1.82) is 5.41 Å². The van der Waals surface area contributed by atoms with Gasteiger partial charge in [0.05, 0.1) is 6.67 Å². The van der Waals surface area contributed by atoms with Gasteiger partial charge in [-0.2, -0.15) is 0 Å². The first-order valence-corrected chi connectivity index (χ1v) is 2.37. The van der Waals surface area contributed by atoms with E-state index in [9.17, 15) is 4.39 Å². The minimum atomic E-state index is -0.309. The maximum atomic E-state index is 11.3. The Morgan fingerprint density at radius 1 is 1.86 bits per heavy atom. The van der Waals surface area contributed by atoms with Gasteiger partial charge in [-0.15, -0.1) is 0 Å². The highest BCUT2D eigenvalue weighted by Crippen LogP contribution is 1.95. The van der Waals surface area contributed by atoms with E-state index in [1.54, 1.807) is 0 Å². The molecule has 0 aliphatic carbocycles. The van der Waals surface area contributed by atoms with Crippen molar-refractivity contribution in [2.45, 2.75) is 13.3 Å². The van der Waals surface area contributed by atoms with Crippen molar-refractivity contribution in [3.05, 3.63) is 0 Å². The van der Waals surface area contributed by atoms with Crippen molar-refractivity contribution in [3.63, 3.8) is 0 Å². The zero-order valence-corrected chi connectivity index (χ0v) is 4.45. The first-order valence-electron chi connectivity index (χ1n) is 2.37. The summed E-state index contributed by atoms with van der Waals surface area (Å²) >= 11 is 0. The van der Waals surface area contributed by atoms with Crippen LogP contribution in [-0.4, -0.2) is 12.9 Å². The number of alkyl halides is 1. The Labute approximate surface area is 43.0 Å². The number of halogens is 1. The molecule has 42 valence electrons. The van der Waals surface area contributed by atoms with Gasteiger partial charge >= 0.3 is 0 Å². The van der Waals surface area contributed by atoms with Crippen LogP contribution in [0, 0.1) is 11.3 Å². The van der Waals surface area contributed by atoms with Gasteiger partial charge < -0.3 is 5.41 Å². The van der Waals surface area contributed by atoms with Crippen LogP contribution < -0.4 is 0 Å². The molecule has 0 aliphatic heterocycles. The Morgan fingerprint density at radius 3 is 2.57 bits per heavy atom. The van der Waals surface area contributed by atoms with E-state index in [-0.39, 0.29) is 12.6 Å². The van der Waals surface area contributed by atoms with Crippen molar-refractivity contribution in [1.82, 2.24) is 0 Å². The monoisotopic (exact) mass is 103 g/mol. The molecular weight excluding hydrogens is 93.1 g/mol. The quantitative estimate of drug-likeness (QED) is 0.525. The molecule has 0 saturated carbocycles. The van der Waals surface area contributed by atoms with Crippen LogP contribution >= 0.6 is 0 Å². The lowest BCUT2D eigenvalue weighted by atomic mass is 10.1. The lowest BCUT2D eigenvalue weighted by molar-refractivity contribution is 0.448. The molecule has 0 aromatic rings. The Bertz CT molecular complexity index is 54.0. The predicted octanol–water partition coefficient (Wildman–Crippen LogP) is 1.63. The molecule has 0 heterocycles. The minimum Gasteiger partial charge on any atom is -0.313 e. The van der Waals surface area contributed by atoms with Gasteiger partial charge in [0.1, 0.15) is 0 Å². The minimum absolute atomic E-state index is 0.116. The molecule has 0 spiro atoms. The van der Waals surface area contributed by atoms with Gasteiger partial charge in [0.25, 0.3) is 0 Å². The molecule has 0 rings (SSSR count). The van der Waals surface area contributed by atoms with E-state index in [1.807, 2.05) is 6.92 Å². The fraction of sp³-hybridized carbons (Fsp3) is 0.800.